The molecule has 0 fully saturated rings. The van der Waals surface area contributed by atoms with Crippen LogP contribution in [0, 0.1) is 0 Å². The molecule has 1 N–H and O–H groups in total. The Balaban J connectivity index is 1.78. The standard InChI is InChI=1S/C18H16N2O4/c1-22-13-9-7-12(8-10-13)17-11-15(20-24-17)18(21)19-14-5-3-4-6-16(14)23-2/h3-11H,1-2H3,(H,19,21). The number of rotatable bonds is 5. The Morgan fingerprint density at radius 1 is 1.04 bits per heavy atom. The van der Waals surface area contributed by atoms with E-state index in [1.165, 1.54) is 0 Å². The van der Waals surface area contributed by atoms with Gasteiger partial charge in [-0.2, -0.15) is 0 Å². The van der Waals surface area contributed by atoms with Crippen molar-refractivity contribution in [2.45, 2.75) is 0 Å². The molecule has 0 saturated carbocycles. The van der Waals surface area contributed by atoms with Crippen LogP contribution in [-0.2, 0) is 0 Å². The van der Waals surface area contributed by atoms with Crippen molar-refractivity contribution in [1.29, 1.82) is 0 Å². The number of methoxy groups -OCH3 is 2. The number of nitrogens with one attached hydrogen (secondary N) is 1. The Bertz CT molecular complexity index is 840. The Morgan fingerprint density at radius 2 is 1.79 bits per heavy atom. The third-order valence-electron chi connectivity index (χ3n) is 3.47. The van der Waals surface area contributed by atoms with Gasteiger partial charge in [-0.15, -0.1) is 0 Å². The van der Waals surface area contributed by atoms with E-state index in [9.17, 15) is 4.79 Å². The van der Waals surface area contributed by atoms with Gasteiger partial charge in [-0.1, -0.05) is 17.3 Å². The first-order valence-electron chi connectivity index (χ1n) is 7.27. The van der Waals surface area contributed by atoms with E-state index in [0.29, 0.717) is 17.2 Å². The molecule has 0 aliphatic carbocycles. The van der Waals surface area contributed by atoms with Gasteiger partial charge in [-0.05, 0) is 36.4 Å². The number of benzene rings is 2. The van der Waals surface area contributed by atoms with Crippen molar-refractivity contribution in [3.63, 3.8) is 0 Å². The normalized spacial score (nSPS) is 10.2. The molecule has 24 heavy (non-hydrogen) atoms. The fourth-order valence-corrected chi connectivity index (χ4v) is 2.21. The van der Waals surface area contributed by atoms with Crippen molar-refractivity contribution in [3.05, 3.63) is 60.3 Å². The molecule has 0 atom stereocenters. The Hall–Kier alpha value is -3.28. The molecule has 1 heterocycles. The predicted molar refractivity (Wildman–Crippen MR) is 89.4 cm³/mol. The van der Waals surface area contributed by atoms with Crippen LogP contribution in [0.4, 0.5) is 5.69 Å². The van der Waals surface area contributed by atoms with Gasteiger partial charge in [0, 0.05) is 11.6 Å². The van der Waals surface area contributed by atoms with Crippen LogP contribution >= 0.6 is 0 Å². The second kappa shape index (κ2) is 6.87. The molecule has 0 radical (unpaired) electrons. The average Bonchev–Trinajstić information content (AvgIpc) is 3.12. The molecule has 0 aliphatic heterocycles. The van der Waals surface area contributed by atoms with Crippen molar-refractivity contribution < 1.29 is 18.8 Å². The molecule has 1 aromatic heterocycles. The Labute approximate surface area is 139 Å². The zero-order valence-electron chi connectivity index (χ0n) is 13.3. The van der Waals surface area contributed by atoms with E-state index in [1.807, 2.05) is 36.4 Å². The van der Waals surface area contributed by atoms with Gasteiger partial charge >= 0.3 is 0 Å². The van der Waals surface area contributed by atoms with E-state index in [-0.39, 0.29) is 11.6 Å². The maximum atomic E-state index is 12.3. The third kappa shape index (κ3) is 3.22. The summed E-state index contributed by atoms with van der Waals surface area (Å²) in [6, 6.07) is 16.0. The summed E-state index contributed by atoms with van der Waals surface area (Å²) in [5.74, 6) is 1.45. The number of ether oxygens (including phenoxy) is 2. The van der Waals surface area contributed by atoms with Crippen LogP contribution in [-0.4, -0.2) is 25.3 Å². The Morgan fingerprint density at radius 3 is 2.50 bits per heavy atom. The largest absolute Gasteiger partial charge is 0.497 e. The monoisotopic (exact) mass is 324 g/mol. The molecule has 122 valence electrons. The minimum absolute atomic E-state index is 0.187. The molecule has 0 unspecified atom stereocenters. The van der Waals surface area contributed by atoms with Gasteiger partial charge in [0.05, 0.1) is 19.9 Å². The fraction of sp³-hybridized carbons (Fsp3) is 0.111. The molecule has 0 bridgehead atoms. The SMILES string of the molecule is COc1ccc(-c2cc(C(=O)Nc3ccccc3OC)no2)cc1. The van der Waals surface area contributed by atoms with Gasteiger partial charge in [0.15, 0.2) is 11.5 Å². The van der Waals surface area contributed by atoms with Gasteiger partial charge in [-0.3, -0.25) is 4.79 Å². The first kappa shape index (κ1) is 15.6. The lowest BCUT2D eigenvalue weighted by Gasteiger charge is -2.08. The first-order chi connectivity index (χ1) is 11.7. The van der Waals surface area contributed by atoms with E-state index in [1.54, 1.807) is 32.4 Å². The van der Waals surface area contributed by atoms with E-state index < -0.39 is 0 Å². The number of carbonyl (C=O) groups is 1. The van der Waals surface area contributed by atoms with Gasteiger partial charge < -0.3 is 19.3 Å². The minimum Gasteiger partial charge on any atom is -0.497 e. The maximum Gasteiger partial charge on any atom is 0.277 e. The van der Waals surface area contributed by atoms with Crippen LogP contribution in [0.15, 0.2) is 59.1 Å². The summed E-state index contributed by atoms with van der Waals surface area (Å²) < 4.78 is 15.6. The van der Waals surface area contributed by atoms with E-state index in [2.05, 4.69) is 10.5 Å². The molecule has 0 aliphatic rings. The molecule has 1 amide bonds. The fourth-order valence-electron chi connectivity index (χ4n) is 2.21. The third-order valence-corrected chi connectivity index (χ3v) is 3.47. The number of aromatic nitrogens is 1. The topological polar surface area (TPSA) is 73.6 Å². The summed E-state index contributed by atoms with van der Waals surface area (Å²) in [4.78, 5) is 12.3. The summed E-state index contributed by atoms with van der Waals surface area (Å²) in [5, 5.41) is 6.58. The quantitative estimate of drug-likeness (QED) is 0.776. The van der Waals surface area contributed by atoms with E-state index in [4.69, 9.17) is 14.0 Å². The van der Waals surface area contributed by atoms with Crippen LogP contribution in [0.2, 0.25) is 0 Å². The van der Waals surface area contributed by atoms with Crippen molar-refractivity contribution in [3.8, 4) is 22.8 Å². The number of amides is 1. The second-order valence-corrected chi connectivity index (χ2v) is 4.96. The molecule has 0 saturated heterocycles. The summed E-state index contributed by atoms with van der Waals surface area (Å²) in [7, 11) is 3.15. The molecule has 6 heteroatoms. The lowest BCUT2D eigenvalue weighted by Crippen LogP contribution is -2.12. The van der Waals surface area contributed by atoms with Crippen LogP contribution in [0.1, 0.15) is 10.5 Å². The van der Waals surface area contributed by atoms with Crippen molar-refractivity contribution in [2.75, 3.05) is 19.5 Å². The molecule has 0 spiro atoms. The summed E-state index contributed by atoms with van der Waals surface area (Å²) in [6.45, 7) is 0. The van der Waals surface area contributed by atoms with Crippen LogP contribution in [0.5, 0.6) is 11.5 Å². The van der Waals surface area contributed by atoms with Gasteiger partial charge in [0.2, 0.25) is 0 Å². The number of nitrogens with zero attached hydrogens (tertiary/aromatic N) is 1. The van der Waals surface area contributed by atoms with Gasteiger partial charge in [0.25, 0.3) is 5.91 Å². The minimum atomic E-state index is -0.372. The summed E-state index contributed by atoms with van der Waals surface area (Å²) in [6.07, 6.45) is 0. The molecule has 2 aromatic carbocycles. The second-order valence-electron chi connectivity index (χ2n) is 4.96. The van der Waals surface area contributed by atoms with Crippen molar-refractivity contribution in [2.24, 2.45) is 0 Å². The van der Waals surface area contributed by atoms with E-state index >= 15 is 0 Å². The highest BCUT2D eigenvalue weighted by Crippen LogP contribution is 2.25. The number of carbonyl (C=O) groups excluding carboxylic acids is 1. The van der Waals surface area contributed by atoms with Crippen LogP contribution < -0.4 is 14.8 Å². The van der Waals surface area contributed by atoms with Gasteiger partial charge in [-0.25, -0.2) is 0 Å². The number of anilines is 1. The van der Waals surface area contributed by atoms with E-state index in [0.717, 1.165) is 11.3 Å². The lowest BCUT2D eigenvalue weighted by molar-refractivity contribution is 0.101. The summed E-state index contributed by atoms with van der Waals surface area (Å²) >= 11 is 0. The molecular formula is C18H16N2O4. The molecule has 3 aromatic rings. The zero-order chi connectivity index (χ0) is 16.9. The number of hydrogen-bond acceptors (Lipinski definition) is 5. The first-order valence-corrected chi connectivity index (χ1v) is 7.27. The lowest BCUT2D eigenvalue weighted by atomic mass is 10.1. The summed E-state index contributed by atoms with van der Waals surface area (Å²) in [5.41, 5.74) is 1.56. The maximum absolute atomic E-state index is 12.3. The molecular weight excluding hydrogens is 308 g/mol. The van der Waals surface area contributed by atoms with Crippen molar-refractivity contribution in [1.82, 2.24) is 5.16 Å². The average molecular weight is 324 g/mol. The zero-order valence-corrected chi connectivity index (χ0v) is 13.3. The highest BCUT2D eigenvalue weighted by Gasteiger charge is 2.15. The predicted octanol–water partition coefficient (Wildman–Crippen LogP) is 3.61. The number of para-hydroxylation sites is 2. The van der Waals surface area contributed by atoms with Crippen LogP contribution in [0.25, 0.3) is 11.3 Å². The molecule has 6 nitrogen and oxygen atoms in total. The smallest absolute Gasteiger partial charge is 0.277 e. The highest BCUT2D eigenvalue weighted by molar-refractivity contribution is 6.04. The van der Waals surface area contributed by atoms with Crippen molar-refractivity contribution >= 4 is 11.6 Å². The van der Waals surface area contributed by atoms with Gasteiger partial charge in [0.1, 0.15) is 11.5 Å². The number of hydrogen-bond donors (Lipinski definition) is 1. The van der Waals surface area contributed by atoms with Crippen LogP contribution in [0.3, 0.4) is 0 Å². The Kier molecular flexibility index (Phi) is 4.47. The molecule has 3 rings (SSSR count). The highest BCUT2D eigenvalue weighted by atomic mass is 16.5.